The first-order valence-corrected chi connectivity index (χ1v) is 4.92. The summed E-state index contributed by atoms with van der Waals surface area (Å²) in [5.41, 5.74) is 6.06. The molecule has 0 aliphatic rings. The van der Waals surface area contributed by atoms with Gasteiger partial charge in [-0.2, -0.15) is 5.10 Å². The molecule has 1 heterocycles. The van der Waals surface area contributed by atoms with E-state index in [1.54, 1.807) is 24.0 Å². The molecule has 5 nitrogen and oxygen atoms in total. The Morgan fingerprint density at radius 1 is 1.67 bits per heavy atom. The predicted octanol–water partition coefficient (Wildman–Crippen LogP) is 0.135. The van der Waals surface area contributed by atoms with Gasteiger partial charge >= 0.3 is 0 Å². The third-order valence-electron chi connectivity index (χ3n) is 2.33. The third-order valence-corrected chi connectivity index (χ3v) is 2.33. The van der Waals surface area contributed by atoms with Gasteiger partial charge in [0.25, 0.3) is 5.91 Å². The number of rotatable bonds is 4. The number of nitrogens with two attached hydrogens (primary N) is 1. The highest BCUT2D eigenvalue weighted by Gasteiger charge is 2.18. The molecule has 0 radical (unpaired) electrons. The lowest BCUT2D eigenvalue weighted by molar-refractivity contribution is 0.0928. The Morgan fingerprint density at radius 3 is 2.80 bits per heavy atom. The van der Waals surface area contributed by atoms with E-state index in [1.165, 1.54) is 0 Å². The van der Waals surface area contributed by atoms with E-state index < -0.39 is 0 Å². The van der Waals surface area contributed by atoms with E-state index in [0.717, 1.165) is 0 Å². The summed E-state index contributed by atoms with van der Waals surface area (Å²) in [6.45, 7) is 5.12. The molecule has 15 heavy (non-hydrogen) atoms. The summed E-state index contributed by atoms with van der Waals surface area (Å²) in [6, 6.07) is 1.69. The van der Waals surface area contributed by atoms with Gasteiger partial charge in [0.05, 0.1) is 0 Å². The van der Waals surface area contributed by atoms with E-state index in [1.807, 2.05) is 13.8 Å². The zero-order valence-electron chi connectivity index (χ0n) is 9.45. The predicted molar refractivity (Wildman–Crippen MR) is 58.4 cm³/mol. The fourth-order valence-electron chi connectivity index (χ4n) is 1.08. The van der Waals surface area contributed by atoms with E-state index in [2.05, 4.69) is 10.4 Å². The highest BCUT2D eigenvalue weighted by Crippen LogP contribution is 2.10. The van der Waals surface area contributed by atoms with Crippen molar-refractivity contribution in [2.75, 3.05) is 13.1 Å². The molecule has 0 atom stereocenters. The van der Waals surface area contributed by atoms with Crippen LogP contribution in [0, 0.1) is 5.41 Å². The molecule has 3 N–H and O–H groups in total. The first-order valence-electron chi connectivity index (χ1n) is 4.92. The summed E-state index contributed by atoms with van der Waals surface area (Å²) in [6.07, 6.45) is 1.60. The molecule has 0 aromatic carbocycles. The van der Waals surface area contributed by atoms with Crippen molar-refractivity contribution in [3.05, 3.63) is 18.0 Å². The first-order chi connectivity index (χ1) is 6.96. The largest absolute Gasteiger partial charge is 0.350 e. The number of aryl methyl sites for hydroxylation is 1. The minimum atomic E-state index is -0.114. The third kappa shape index (κ3) is 3.06. The molecular weight excluding hydrogens is 192 g/mol. The van der Waals surface area contributed by atoms with Crippen LogP contribution in [0.5, 0.6) is 0 Å². The molecular formula is C10H18N4O. The minimum Gasteiger partial charge on any atom is -0.350 e. The van der Waals surface area contributed by atoms with Crippen molar-refractivity contribution in [3.8, 4) is 0 Å². The molecule has 1 aromatic rings. The van der Waals surface area contributed by atoms with Gasteiger partial charge in [-0.15, -0.1) is 0 Å². The van der Waals surface area contributed by atoms with Crippen molar-refractivity contribution >= 4 is 5.91 Å². The lowest BCUT2D eigenvalue weighted by Gasteiger charge is -2.22. The van der Waals surface area contributed by atoms with Crippen LogP contribution in [0.15, 0.2) is 12.3 Å². The molecule has 84 valence electrons. The van der Waals surface area contributed by atoms with Crippen LogP contribution >= 0.6 is 0 Å². The Morgan fingerprint density at radius 2 is 2.33 bits per heavy atom. The number of carbonyl (C=O) groups excluding carboxylic acids is 1. The molecule has 0 fully saturated rings. The maximum Gasteiger partial charge on any atom is 0.269 e. The lowest BCUT2D eigenvalue weighted by atomic mass is 9.94. The number of amides is 1. The zero-order chi connectivity index (χ0) is 11.5. The van der Waals surface area contributed by atoms with Gasteiger partial charge in [0, 0.05) is 19.8 Å². The summed E-state index contributed by atoms with van der Waals surface area (Å²) in [7, 11) is 1.74. The quantitative estimate of drug-likeness (QED) is 0.742. The van der Waals surface area contributed by atoms with Crippen molar-refractivity contribution in [2.45, 2.75) is 13.8 Å². The van der Waals surface area contributed by atoms with Crippen LogP contribution in [-0.2, 0) is 7.05 Å². The van der Waals surface area contributed by atoms with Gasteiger partial charge in [0.15, 0.2) is 0 Å². The van der Waals surface area contributed by atoms with Crippen LogP contribution in [0.3, 0.4) is 0 Å². The van der Waals surface area contributed by atoms with Crippen molar-refractivity contribution in [3.63, 3.8) is 0 Å². The van der Waals surface area contributed by atoms with Crippen LogP contribution in [-0.4, -0.2) is 28.8 Å². The lowest BCUT2D eigenvalue weighted by Crippen LogP contribution is -2.38. The van der Waals surface area contributed by atoms with Crippen LogP contribution in [0.1, 0.15) is 24.3 Å². The fraction of sp³-hybridized carbons (Fsp3) is 0.600. The van der Waals surface area contributed by atoms with Crippen molar-refractivity contribution in [1.29, 1.82) is 0 Å². The van der Waals surface area contributed by atoms with E-state index in [9.17, 15) is 4.79 Å². The Labute approximate surface area is 89.6 Å². The SMILES string of the molecule is Cn1nccc1C(=O)NCC(C)(C)CN. The Hall–Kier alpha value is -1.36. The molecule has 1 aromatic heterocycles. The van der Waals surface area contributed by atoms with Crippen molar-refractivity contribution < 1.29 is 4.79 Å². The average Bonchev–Trinajstić information content (AvgIpc) is 2.61. The molecule has 0 saturated heterocycles. The Balaban J connectivity index is 2.55. The molecule has 0 bridgehead atoms. The maximum absolute atomic E-state index is 11.7. The molecule has 0 aliphatic heterocycles. The smallest absolute Gasteiger partial charge is 0.269 e. The number of aromatic nitrogens is 2. The van der Waals surface area contributed by atoms with Gasteiger partial charge in [-0.05, 0) is 18.0 Å². The van der Waals surface area contributed by atoms with Crippen molar-refractivity contribution in [1.82, 2.24) is 15.1 Å². The topological polar surface area (TPSA) is 72.9 Å². The standard InChI is InChI=1S/C10H18N4O/c1-10(2,6-11)7-12-9(15)8-4-5-13-14(8)3/h4-5H,6-7,11H2,1-3H3,(H,12,15). The summed E-state index contributed by atoms with van der Waals surface area (Å²) in [4.78, 5) is 11.7. The molecule has 1 rings (SSSR count). The van der Waals surface area contributed by atoms with Crippen LogP contribution in [0.4, 0.5) is 0 Å². The average molecular weight is 210 g/mol. The van der Waals surface area contributed by atoms with E-state index >= 15 is 0 Å². The Kier molecular flexibility index (Phi) is 3.47. The van der Waals surface area contributed by atoms with Gasteiger partial charge in [-0.3, -0.25) is 9.48 Å². The normalized spacial score (nSPS) is 11.5. The van der Waals surface area contributed by atoms with Gasteiger partial charge in [0.2, 0.25) is 0 Å². The number of nitrogens with zero attached hydrogens (tertiary/aromatic N) is 2. The number of nitrogens with one attached hydrogen (secondary N) is 1. The summed E-state index contributed by atoms with van der Waals surface area (Å²) in [5.74, 6) is -0.114. The molecule has 0 aliphatic carbocycles. The second-order valence-corrected chi connectivity index (χ2v) is 4.39. The zero-order valence-corrected chi connectivity index (χ0v) is 9.45. The molecule has 0 saturated carbocycles. The van der Waals surface area contributed by atoms with Crippen LogP contribution in [0.2, 0.25) is 0 Å². The van der Waals surface area contributed by atoms with Gasteiger partial charge in [-0.25, -0.2) is 0 Å². The second kappa shape index (κ2) is 4.44. The summed E-state index contributed by atoms with van der Waals surface area (Å²) in [5, 5.41) is 6.77. The monoisotopic (exact) mass is 210 g/mol. The van der Waals surface area contributed by atoms with E-state index in [4.69, 9.17) is 5.73 Å². The number of hydrogen-bond donors (Lipinski definition) is 2. The summed E-state index contributed by atoms with van der Waals surface area (Å²) >= 11 is 0. The van der Waals surface area contributed by atoms with Gasteiger partial charge < -0.3 is 11.1 Å². The van der Waals surface area contributed by atoms with E-state index in [0.29, 0.717) is 18.8 Å². The van der Waals surface area contributed by atoms with Crippen LogP contribution < -0.4 is 11.1 Å². The fourth-order valence-corrected chi connectivity index (χ4v) is 1.08. The van der Waals surface area contributed by atoms with Crippen molar-refractivity contribution in [2.24, 2.45) is 18.2 Å². The number of hydrogen-bond acceptors (Lipinski definition) is 3. The van der Waals surface area contributed by atoms with E-state index in [-0.39, 0.29) is 11.3 Å². The highest BCUT2D eigenvalue weighted by atomic mass is 16.2. The second-order valence-electron chi connectivity index (χ2n) is 4.39. The Bertz CT molecular complexity index is 343. The summed E-state index contributed by atoms with van der Waals surface area (Å²) < 4.78 is 1.55. The van der Waals surface area contributed by atoms with Gasteiger partial charge in [-0.1, -0.05) is 13.8 Å². The maximum atomic E-state index is 11.7. The molecule has 0 unspecified atom stereocenters. The minimum absolute atomic E-state index is 0.0751. The van der Waals surface area contributed by atoms with Gasteiger partial charge in [0.1, 0.15) is 5.69 Å². The first kappa shape index (κ1) is 11.7. The molecule has 5 heteroatoms. The highest BCUT2D eigenvalue weighted by molar-refractivity contribution is 5.92. The van der Waals surface area contributed by atoms with Crippen LogP contribution in [0.25, 0.3) is 0 Å². The molecule has 1 amide bonds. The molecule has 0 spiro atoms. The number of carbonyl (C=O) groups is 1.